The van der Waals surface area contributed by atoms with Crippen molar-refractivity contribution in [2.45, 2.75) is 0 Å². The average molecular weight is 1280 g/mol. The Hall–Kier alpha value is -13.4. The van der Waals surface area contributed by atoms with Crippen molar-refractivity contribution in [3.63, 3.8) is 0 Å². The molecule has 0 saturated heterocycles. The lowest BCUT2D eigenvalue weighted by molar-refractivity contribution is 1.18. The van der Waals surface area contributed by atoms with Crippen molar-refractivity contribution in [2.75, 3.05) is 0 Å². The van der Waals surface area contributed by atoms with Gasteiger partial charge in [-0.25, -0.2) is 0 Å². The Kier molecular flexibility index (Phi) is 14.1. The van der Waals surface area contributed by atoms with Crippen molar-refractivity contribution >= 4 is 87.2 Å². The molecule has 0 aliphatic carbocycles. The van der Waals surface area contributed by atoms with E-state index in [0.717, 1.165) is 45.0 Å². The number of pyridine rings is 2. The lowest BCUT2D eigenvalue weighted by Crippen LogP contribution is -1.95. The van der Waals surface area contributed by atoms with Gasteiger partial charge in [-0.3, -0.25) is 9.97 Å². The van der Waals surface area contributed by atoms with Gasteiger partial charge in [0.05, 0.1) is 55.5 Å². The van der Waals surface area contributed by atoms with Gasteiger partial charge in [-0.15, -0.1) is 0 Å². The number of hydrogen-bond donors (Lipinski definition) is 0. The summed E-state index contributed by atoms with van der Waals surface area (Å²) >= 11 is 0. The minimum absolute atomic E-state index is 0.957. The van der Waals surface area contributed by atoms with Crippen LogP contribution in [0.25, 0.3) is 177 Å². The van der Waals surface area contributed by atoms with E-state index in [0.29, 0.717) is 0 Å². The second kappa shape index (κ2) is 24.3. The van der Waals surface area contributed by atoms with Crippen molar-refractivity contribution in [2.24, 2.45) is 0 Å². The summed E-state index contributed by atoms with van der Waals surface area (Å²) in [5, 5.41) is 10.00. The number of hydrogen-bond acceptors (Lipinski definition) is 2. The fraction of sp³-hybridized carbons (Fsp3) is 0. The van der Waals surface area contributed by atoms with Gasteiger partial charge in [-0.1, -0.05) is 231 Å². The minimum Gasteiger partial charge on any atom is -0.309 e. The predicted molar refractivity (Wildman–Crippen MR) is 418 cm³/mol. The van der Waals surface area contributed by atoms with Crippen LogP contribution in [-0.2, 0) is 0 Å². The molecule has 100 heavy (non-hydrogen) atoms. The third-order valence-electron chi connectivity index (χ3n) is 19.9. The maximum Gasteiger partial charge on any atom is 0.0703 e. The molecule has 6 heterocycles. The summed E-state index contributed by atoms with van der Waals surface area (Å²) in [4.78, 5) is 9.67. The second-order valence-corrected chi connectivity index (χ2v) is 25.7. The second-order valence-electron chi connectivity index (χ2n) is 25.7. The SMILES string of the molecule is c1ccc(-c2ccc(-c3ccc(-n4c5ccccc5c5cc(-c6ccc7c(c6)c6ccccc6n7-c6ccccc6)ccc54)cc3)nc2)cc1.c1ccc(-c2ccc(-c3cccc(-n4c5ccccc5c5cc(-c6ccc7c(c6)c6ccccc6n7-c6ccccc6)ccc54)c3)nc2)cc1. The van der Waals surface area contributed by atoms with Gasteiger partial charge < -0.3 is 18.3 Å². The van der Waals surface area contributed by atoms with Gasteiger partial charge in [0.2, 0.25) is 0 Å². The number of nitrogens with zero attached hydrogens (tertiary/aromatic N) is 6. The maximum atomic E-state index is 4.87. The molecule has 6 aromatic heterocycles. The Morgan fingerprint density at radius 3 is 0.780 bits per heavy atom. The van der Waals surface area contributed by atoms with Gasteiger partial charge in [0.15, 0.2) is 0 Å². The lowest BCUT2D eigenvalue weighted by atomic mass is 10.0. The fourth-order valence-electron chi connectivity index (χ4n) is 15.2. The van der Waals surface area contributed by atoms with Crippen molar-refractivity contribution in [3.05, 3.63) is 376 Å². The predicted octanol–water partition coefficient (Wildman–Crippen LogP) is 24.6. The monoisotopic (exact) mass is 1270 g/mol. The van der Waals surface area contributed by atoms with Crippen molar-refractivity contribution in [3.8, 4) is 89.8 Å². The number of para-hydroxylation sites is 6. The first-order valence-corrected chi connectivity index (χ1v) is 34.1. The first-order chi connectivity index (χ1) is 49.6. The van der Waals surface area contributed by atoms with Crippen LogP contribution in [0.4, 0.5) is 0 Å². The molecule has 0 atom stereocenters. The molecule has 20 rings (SSSR count). The zero-order valence-corrected chi connectivity index (χ0v) is 54.5. The standard InChI is InChI=1S/2C47H31N3/c1-3-12-32(13-4-1)36-22-25-43(48-31-36)35-14-11-17-38(28-35)50-45-21-10-8-19-40(45)42-30-34(24-27-47(42)50)33-23-26-46-41(29-33)39-18-7-9-20-44(39)49(46)37-15-5-2-6-16-37;1-3-11-32(12-4-1)36-21-26-43(48-31-36)33-19-24-38(25-20-33)50-45-18-10-8-16-40(45)42-30-35(23-28-47(42)50)34-22-27-46-41(29-34)39-15-7-9-17-44(39)49(46)37-13-5-2-6-14-37/h2*1-31H. The molecule has 0 amide bonds. The van der Waals surface area contributed by atoms with Crippen LogP contribution in [-0.4, -0.2) is 28.2 Å². The molecule has 0 spiro atoms. The molecular formula is C94H62N6. The van der Waals surface area contributed by atoms with Gasteiger partial charge in [-0.05, 0) is 167 Å². The lowest BCUT2D eigenvalue weighted by Gasteiger charge is -2.11. The first-order valence-electron chi connectivity index (χ1n) is 34.1. The van der Waals surface area contributed by atoms with E-state index >= 15 is 0 Å². The van der Waals surface area contributed by atoms with Gasteiger partial charge >= 0.3 is 0 Å². The Balaban J connectivity index is 0.000000139. The molecule has 0 aliphatic heterocycles. The van der Waals surface area contributed by atoms with E-state index in [1.54, 1.807) is 0 Å². The van der Waals surface area contributed by atoms with Crippen molar-refractivity contribution < 1.29 is 0 Å². The number of benzene rings is 14. The van der Waals surface area contributed by atoms with Crippen LogP contribution in [0, 0.1) is 0 Å². The summed E-state index contributed by atoms with van der Waals surface area (Å²) in [6.07, 6.45) is 3.93. The Morgan fingerprint density at radius 1 is 0.150 bits per heavy atom. The molecule has 0 N–H and O–H groups in total. The molecule has 0 bridgehead atoms. The number of aromatic nitrogens is 6. The number of rotatable bonds is 10. The van der Waals surface area contributed by atoms with Crippen LogP contribution in [0.2, 0.25) is 0 Å². The molecule has 0 saturated carbocycles. The third kappa shape index (κ3) is 10.0. The van der Waals surface area contributed by atoms with Crippen molar-refractivity contribution in [1.82, 2.24) is 28.2 Å². The normalized spacial score (nSPS) is 11.6. The van der Waals surface area contributed by atoms with Gasteiger partial charge in [0.1, 0.15) is 0 Å². The molecule has 6 nitrogen and oxygen atoms in total. The zero-order valence-electron chi connectivity index (χ0n) is 54.5. The third-order valence-corrected chi connectivity index (χ3v) is 19.9. The van der Waals surface area contributed by atoms with E-state index in [9.17, 15) is 0 Å². The van der Waals surface area contributed by atoms with Crippen LogP contribution < -0.4 is 0 Å². The van der Waals surface area contributed by atoms with Gasteiger partial charge in [0.25, 0.3) is 0 Å². The van der Waals surface area contributed by atoms with E-state index in [-0.39, 0.29) is 0 Å². The smallest absolute Gasteiger partial charge is 0.0703 e. The fourth-order valence-corrected chi connectivity index (χ4v) is 15.2. The van der Waals surface area contributed by atoms with E-state index in [1.807, 2.05) is 24.5 Å². The highest BCUT2D eigenvalue weighted by atomic mass is 15.0. The summed E-state index contributed by atoms with van der Waals surface area (Å²) in [7, 11) is 0. The summed E-state index contributed by atoms with van der Waals surface area (Å²) in [6, 6.07) is 131. The van der Waals surface area contributed by atoms with Crippen LogP contribution in [0.3, 0.4) is 0 Å². The number of fused-ring (bicyclic) bond motifs is 12. The van der Waals surface area contributed by atoms with Gasteiger partial charge in [0, 0.05) is 100 Å². The largest absolute Gasteiger partial charge is 0.309 e. The summed E-state index contributed by atoms with van der Waals surface area (Å²) in [6.45, 7) is 0. The molecular weight excluding hydrogens is 1210 g/mol. The van der Waals surface area contributed by atoms with Crippen LogP contribution in [0.15, 0.2) is 376 Å². The Labute approximate surface area is 578 Å². The molecule has 20 aromatic rings. The molecule has 6 heteroatoms. The zero-order chi connectivity index (χ0) is 66.0. The summed E-state index contributed by atoms with van der Waals surface area (Å²) in [5.74, 6) is 0. The molecule has 468 valence electrons. The van der Waals surface area contributed by atoms with E-state index in [4.69, 9.17) is 9.97 Å². The summed E-state index contributed by atoms with van der Waals surface area (Å²) < 4.78 is 9.49. The van der Waals surface area contributed by atoms with Crippen LogP contribution in [0.1, 0.15) is 0 Å². The Morgan fingerprint density at radius 2 is 0.420 bits per heavy atom. The highest BCUT2D eigenvalue weighted by Crippen LogP contribution is 2.42. The Bertz CT molecular complexity index is 6460. The summed E-state index contributed by atoms with van der Waals surface area (Å²) in [5.41, 5.74) is 27.7. The van der Waals surface area contributed by atoms with Crippen LogP contribution >= 0.6 is 0 Å². The van der Waals surface area contributed by atoms with E-state index in [2.05, 4.69) is 370 Å². The first kappa shape index (κ1) is 58.0. The van der Waals surface area contributed by atoms with E-state index < -0.39 is 0 Å². The maximum absolute atomic E-state index is 4.87. The molecule has 0 radical (unpaired) electrons. The van der Waals surface area contributed by atoms with Crippen LogP contribution in [0.5, 0.6) is 0 Å². The molecule has 14 aromatic carbocycles. The molecule has 0 fully saturated rings. The minimum atomic E-state index is 0.957. The van der Waals surface area contributed by atoms with Gasteiger partial charge in [-0.2, -0.15) is 0 Å². The average Bonchev–Trinajstić information content (AvgIpc) is 1.59. The molecule has 0 unspecified atom stereocenters. The highest BCUT2D eigenvalue weighted by molar-refractivity contribution is 6.15. The quantitative estimate of drug-likeness (QED) is 0.137. The highest BCUT2D eigenvalue weighted by Gasteiger charge is 2.20. The molecule has 0 aliphatic rings. The van der Waals surface area contributed by atoms with E-state index in [1.165, 1.54) is 132 Å². The van der Waals surface area contributed by atoms with Crippen molar-refractivity contribution in [1.29, 1.82) is 0 Å². The topological polar surface area (TPSA) is 45.5 Å².